The van der Waals surface area contributed by atoms with Crippen molar-refractivity contribution in [3.05, 3.63) is 84.6 Å². The SMILES string of the molecule is NC(=O)CN1CCN(c2ccc(-c3cnc4[nH]cc(-c5cnn(Cc6cc(F)cc(F)c6)c5)c4c3)cn2)CC1. The number of carbonyl (C=O) groups excluding carboxylic acids is 1. The van der Waals surface area contributed by atoms with Gasteiger partial charge in [0.05, 0.1) is 19.3 Å². The molecular formula is C28H26F2N8O. The Morgan fingerprint density at radius 1 is 0.923 bits per heavy atom. The number of halogens is 2. The van der Waals surface area contributed by atoms with E-state index in [0.29, 0.717) is 5.56 Å². The molecule has 4 aromatic heterocycles. The van der Waals surface area contributed by atoms with Gasteiger partial charge in [-0.1, -0.05) is 0 Å². The van der Waals surface area contributed by atoms with E-state index in [1.807, 2.05) is 41.8 Å². The predicted molar refractivity (Wildman–Crippen MR) is 144 cm³/mol. The van der Waals surface area contributed by atoms with Gasteiger partial charge in [0, 0.05) is 84.7 Å². The fraction of sp³-hybridized carbons (Fsp3) is 0.214. The van der Waals surface area contributed by atoms with E-state index in [9.17, 15) is 13.6 Å². The summed E-state index contributed by atoms with van der Waals surface area (Å²) < 4.78 is 28.8. The van der Waals surface area contributed by atoms with E-state index >= 15 is 0 Å². The second kappa shape index (κ2) is 10.3. The van der Waals surface area contributed by atoms with E-state index in [1.165, 1.54) is 12.1 Å². The summed E-state index contributed by atoms with van der Waals surface area (Å²) in [6.45, 7) is 3.62. The van der Waals surface area contributed by atoms with Crippen molar-refractivity contribution < 1.29 is 13.6 Å². The number of amides is 1. The average Bonchev–Trinajstić information content (AvgIpc) is 3.55. The number of aromatic nitrogens is 5. The Labute approximate surface area is 222 Å². The van der Waals surface area contributed by atoms with E-state index in [1.54, 1.807) is 10.9 Å². The molecule has 0 spiro atoms. The Morgan fingerprint density at radius 3 is 2.41 bits per heavy atom. The Kier molecular flexibility index (Phi) is 6.49. The monoisotopic (exact) mass is 528 g/mol. The van der Waals surface area contributed by atoms with Gasteiger partial charge >= 0.3 is 0 Å². The number of primary amides is 1. The second-order valence-electron chi connectivity index (χ2n) is 9.66. The molecule has 1 saturated heterocycles. The Bertz CT molecular complexity index is 1620. The van der Waals surface area contributed by atoms with Crippen LogP contribution in [0.5, 0.6) is 0 Å². The number of rotatable bonds is 7. The third-order valence-electron chi connectivity index (χ3n) is 6.90. The average molecular weight is 529 g/mol. The lowest BCUT2D eigenvalue weighted by Crippen LogP contribution is -2.49. The van der Waals surface area contributed by atoms with Gasteiger partial charge in [0.15, 0.2) is 0 Å². The number of anilines is 1. The van der Waals surface area contributed by atoms with Crippen molar-refractivity contribution in [1.29, 1.82) is 0 Å². The molecule has 0 aliphatic carbocycles. The van der Waals surface area contributed by atoms with Crippen molar-refractivity contribution >= 4 is 22.8 Å². The fourth-order valence-corrected chi connectivity index (χ4v) is 4.98. The van der Waals surface area contributed by atoms with Crippen LogP contribution in [0.3, 0.4) is 0 Å². The molecule has 1 aromatic carbocycles. The topological polar surface area (TPSA) is 109 Å². The number of hydrogen-bond acceptors (Lipinski definition) is 6. The predicted octanol–water partition coefficient (Wildman–Crippen LogP) is 3.42. The Balaban J connectivity index is 1.20. The van der Waals surface area contributed by atoms with Crippen molar-refractivity contribution in [3.8, 4) is 22.3 Å². The first-order valence-electron chi connectivity index (χ1n) is 12.6. The molecule has 0 atom stereocenters. The molecule has 5 aromatic rings. The van der Waals surface area contributed by atoms with Crippen LogP contribution >= 0.6 is 0 Å². The minimum atomic E-state index is -0.613. The van der Waals surface area contributed by atoms with Gasteiger partial charge < -0.3 is 15.6 Å². The number of aromatic amines is 1. The molecule has 11 heteroatoms. The lowest BCUT2D eigenvalue weighted by molar-refractivity contribution is -0.119. The van der Waals surface area contributed by atoms with Crippen LogP contribution in [0.15, 0.2) is 67.4 Å². The molecule has 198 valence electrons. The van der Waals surface area contributed by atoms with Crippen molar-refractivity contribution in [2.45, 2.75) is 6.54 Å². The van der Waals surface area contributed by atoms with Gasteiger partial charge in [-0.25, -0.2) is 18.7 Å². The van der Waals surface area contributed by atoms with Crippen LogP contribution in [0.25, 0.3) is 33.3 Å². The Hall–Kier alpha value is -4.64. The molecule has 39 heavy (non-hydrogen) atoms. The quantitative estimate of drug-likeness (QED) is 0.335. The molecule has 0 radical (unpaired) electrons. The first-order valence-corrected chi connectivity index (χ1v) is 12.6. The Morgan fingerprint density at radius 2 is 1.69 bits per heavy atom. The number of benzene rings is 1. The summed E-state index contributed by atoms with van der Waals surface area (Å²) in [6, 6.07) is 9.55. The third-order valence-corrected chi connectivity index (χ3v) is 6.90. The highest BCUT2D eigenvalue weighted by molar-refractivity contribution is 5.95. The summed E-state index contributed by atoms with van der Waals surface area (Å²) in [5.74, 6) is -0.647. The summed E-state index contributed by atoms with van der Waals surface area (Å²) in [4.78, 5) is 27.9. The van der Waals surface area contributed by atoms with Crippen molar-refractivity contribution in [3.63, 3.8) is 0 Å². The summed E-state index contributed by atoms with van der Waals surface area (Å²) >= 11 is 0. The normalized spacial score (nSPS) is 14.3. The first kappa shape index (κ1) is 24.7. The molecule has 1 aliphatic heterocycles. The van der Waals surface area contributed by atoms with E-state index < -0.39 is 11.6 Å². The van der Waals surface area contributed by atoms with E-state index in [-0.39, 0.29) is 19.0 Å². The first-order chi connectivity index (χ1) is 18.9. The van der Waals surface area contributed by atoms with Crippen molar-refractivity contribution in [2.75, 3.05) is 37.6 Å². The summed E-state index contributed by atoms with van der Waals surface area (Å²) in [7, 11) is 0. The maximum absolute atomic E-state index is 13.6. The molecule has 1 amide bonds. The minimum Gasteiger partial charge on any atom is -0.369 e. The van der Waals surface area contributed by atoms with Crippen LogP contribution in [-0.2, 0) is 11.3 Å². The zero-order chi connectivity index (χ0) is 26.9. The zero-order valence-electron chi connectivity index (χ0n) is 21.0. The van der Waals surface area contributed by atoms with Crippen molar-refractivity contribution in [2.24, 2.45) is 5.73 Å². The van der Waals surface area contributed by atoms with Crippen LogP contribution < -0.4 is 10.6 Å². The highest BCUT2D eigenvalue weighted by Gasteiger charge is 2.19. The third kappa shape index (κ3) is 5.34. The maximum Gasteiger partial charge on any atom is 0.231 e. The van der Waals surface area contributed by atoms with Gasteiger partial charge in [0.2, 0.25) is 5.91 Å². The summed E-state index contributed by atoms with van der Waals surface area (Å²) in [5, 5.41) is 5.31. The molecule has 3 N–H and O–H groups in total. The molecular weight excluding hydrogens is 502 g/mol. The summed E-state index contributed by atoms with van der Waals surface area (Å²) in [6.07, 6.45) is 9.10. The molecule has 0 unspecified atom stereocenters. The number of fused-ring (bicyclic) bond motifs is 1. The minimum absolute atomic E-state index is 0.249. The number of piperazine rings is 1. The summed E-state index contributed by atoms with van der Waals surface area (Å²) in [5.41, 5.74) is 10.2. The molecule has 0 saturated carbocycles. The number of hydrogen-bond donors (Lipinski definition) is 2. The van der Waals surface area contributed by atoms with Crippen LogP contribution in [-0.4, -0.2) is 68.3 Å². The zero-order valence-corrected chi connectivity index (χ0v) is 21.0. The second-order valence-corrected chi connectivity index (χ2v) is 9.66. The molecule has 0 bridgehead atoms. The van der Waals surface area contributed by atoms with Gasteiger partial charge in [0.1, 0.15) is 23.1 Å². The highest BCUT2D eigenvalue weighted by atomic mass is 19.1. The van der Waals surface area contributed by atoms with Crippen LogP contribution in [0, 0.1) is 11.6 Å². The lowest BCUT2D eigenvalue weighted by Gasteiger charge is -2.34. The standard InChI is InChI=1S/C28H26F2N8O/c29-22-7-18(8-23(30)10-22)15-38-16-21(13-35-38)25-14-34-28-24(25)9-20(12-33-28)19-1-2-27(32-11-19)37-5-3-36(4-6-37)17-26(31)39/h1-2,7-14,16H,3-6,15,17H2,(H2,31,39)(H,33,34). The van der Waals surface area contributed by atoms with Gasteiger partial charge in [-0.05, 0) is 35.9 Å². The largest absolute Gasteiger partial charge is 0.369 e. The van der Waals surface area contributed by atoms with Crippen molar-refractivity contribution in [1.82, 2.24) is 29.6 Å². The van der Waals surface area contributed by atoms with Crippen LogP contribution in [0.1, 0.15) is 5.56 Å². The highest BCUT2D eigenvalue weighted by Crippen LogP contribution is 2.31. The van der Waals surface area contributed by atoms with E-state index in [2.05, 4.69) is 31.0 Å². The molecule has 9 nitrogen and oxygen atoms in total. The smallest absolute Gasteiger partial charge is 0.231 e. The van der Waals surface area contributed by atoms with Crippen LogP contribution in [0.2, 0.25) is 0 Å². The molecule has 1 aliphatic rings. The lowest BCUT2D eigenvalue weighted by atomic mass is 10.1. The van der Waals surface area contributed by atoms with Crippen LogP contribution in [0.4, 0.5) is 14.6 Å². The van der Waals surface area contributed by atoms with Gasteiger partial charge in [-0.3, -0.25) is 14.4 Å². The van der Waals surface area contributed by atoms with Gasteiger partial charge in [-0.15, -0.1) is 0 Å². The molecule has 1 fully saturated rings. The van der Waals surface area contributed by atoms with E-state index in [0.717, 1.165) is 71.4 Å². The van der Waals surface area contributed by atoms with E-state index in [4.69, 9.17) is 5.73 Å². The number of pyridine rings is 2. The number of carbonyl (C=O) groups is 1. The van der Waals surface area contributed by atoms with Gasteiger partial charge in [0.25, 0.3) is 0 Å². The number of nitrogens with one attached hydrogen (secondary N) is 1. The molecule has 5 heterocycles. The number of H-pyrrole nitrogens is 1. The number of nitrogens with zero attached hydrogens (tertiary/aromatic N) is 6. The molecule has 6 rings (SSSR count). The van der Waals surface area contributed by atoms with Gasteiger partial charge in [-0.2, -0.15) is 5.10 Å². The maximum atomic E-state index is 13.6. The fourth-order valence-electron chi connectivity index (χ4n) is 4.98. The number of nitrogens with two attached hydrogens (primary N) is 1.